The van der Waals surface area contributed by atoms with Crippen molar-refractivity contribution in [2.75, 3.05) is 0 Å². The van der Waals surface area contributed by atoms with Crippen LogP contribution in [0.4, 0.5) is 0 Å². The van der Waals surface area contributed by atoms with Gasteiger partial charge in [-0.05, 0) is 18.0 Å². The first-order valence-corrected chi connectivity index (χ1v) is 7.35. The third-order valence-electron chi connectivity index (χ3n) is 1.63. The summed E-state index contributed by atoms with van der Waals surface area (Å²) in [4.78, 5) is 8.99. The molecule has 3 heteroatoms. The van der Waals surface area contributed by atoms with Crippen LogP contribution in [0.25, 0.3) is 0 Å². The Morgan fingerprint density at radius 3 is 1.75 bits per heavy atom. The van der Waals surface area contributed by atoms with E-state index in [9.17, 15) is 0 Å². The average Bonchev–Trinajstić information content (AvgIpc) is 2.01. The number of rotatable bonds is 1. The molecule has 0 aliphatic heterocycles. The quantitative estimate of drug-likeness (QED) is 0.619. The number of benzene rings is 1. The molecular formula is C13H22OSiZn-. The molecule has 1 aromatic rings. The van der Waals surface area contributed by atoms with E-state index >= 15 is 0 Å². The van der Waals surface area contributed by atoms with E-state index in [1.807, 2.05) is 36.9 Å². The summed E-state index contributed by atoms with van der Waals surface area (Å²) in [5.74, 6) is 0. The molecule has 0 bridgehead atoms. The van der Waals surface area contributed by atoms with Gasteiger partial charge >= 0.3 is 0 Å². The first-order valence-electron chi connectivity index (χ1n) is 5.19. The Morgan fingerprint density at radius 2 is 1.62 bits per heavy atom. The molecule has 16 heavy (non-hydrogen) atoms. The summed E-state index contributed by atoms with van der Waals surface area (Å²) < 4.78 is 0. The van der Waals surface area contributed by atoms with Gasteiger partial charge in [0.1, 0.15) is 0 Å². The van der Waals surface area contributed by atoms with E-state index in [1.54, 1.807) is 0 Å². The standard InChI is InChI=1S/C7H7.C6H15OSi.Zn/c1-7-5-3-2-4-6-7;1-6(2,3)5-8(4)7;/h2-6H,1H2;7H,5H2,1-4H3;/q-1;;. The predicted molar refractivity (Wildman–Crippen MR) is 69.0 cm³/mol. The van der Waals surface area contributed by atoms with Gasteiger partial charge in [0.05, 0.1) is 0 Å². The van der Waals surface area contributed by atoms with Crippen LogP contribution in [-0.2, 0) is 19.5 Å². The van der Waals surface area contributed by atoms with Crippen molar-refractivity contribution >= 4 is 9.04 Å². The molecule has 0 aromatic heterocycles. The van der Waals surface area contributed by atoms with Crippen molar-refractivity contribution in [3.8, 4) is 0 Å². The van der Waals surface area contributed by atoms with Crippen LogP contribution in [0.5, 0.6) is 0 Å². The van der Waals surface area contributed by atoms with Gasteiger partial charge in [0.2, 0.25) is 9.04 Å². The van der Waals surface area contributed by atoms with Crippen molar-refractivity contribution in [1.82, 2.24) is 0 Å². The minimum atomic E-state index is -0.992. The van der Waals surface area contributed by atoms with Gasteiger partial charge in [-0.15, -0.1) is 12.1 Å². The topological polar surface area (TPSA) is 20.2 Å². The Bertz CT molecular complexity index is 254. The van der Waals surface area contributed by atoms with E-state index in [2.05, 4.69) is 27.7 Å². The van der Waals surface area contributed by atoms with Gasteiger partial charge < -0.3 is 4.80 Å². The third-order valence-corrected chi connectivity index (χ3v) is 3.20. The minimum Gasteiger partial charge on any atom is -0.432 e. The average molecular weight is 288 g/mol. The molecule has 0 saturated heterocycles. The maximum atomic E-state index is 8.99. The van der Waals surface area contributed by atoms with Crippen LogP contribution >= 0.6 is 0 Å². The SMILES string of the molecule is C[Si](O)CC(C)(C)C.[CH2-]c1ccccc1.[Zn]. The van der Waals surface area contributed by atoms with Gasteiger partial charge in [-0.25, -0.2) is 0 Å². The fourth-order valence-electron chi connectivity index (χ4n) is 1.25. The molecule has 0 fully saturated rings. The second-order valence-electron chi connectivity index (χ2n) is 4.96. The predicted octanol–water partition coefficient (Wildman–Crippen LogP) is 3.51. The Kier molecular flexibility index (Phi) is 10.2. The van der Waals surface area contributed by atoms with E-state index in [-0.39, 0.29) is 19.5 Å². The molecule has 0 spiro atoms. The van der Waals surface area contributed by atoms with Crippen molar-refractivity contribution in [3.63, 3.8) is 0 Å². The van der Waals surface area contributed by atoms with Crippen LogP contribution in [-0.4, -0.2) is 13.8 Å². The van der Waals surface area contributed by atoms with Gasteiger partial charge in [-0.1, -0.05) is 26.8 Å². The maximum Gasteiger partial charge on any atom is 0.204 e. The van der Waals surface area contributed by atoms with E-state index < -0.39 is 9.04 Å². The minimum absolute atomic E-state index is 0. The Labute approximate surface area is 115 Å². The molecular weight excluding hydrogens is 266 g/mol. The fraction of sp³-hybridized carbons (Fsp3) is 0.462. The summed E-state index contributed by atoms with van der Waals surface area (Å²) in [6, 6.07) is 10.9. The van der Waals surface area contributed by atoms with Gasteiger partial charge in [-0.2, -0.15) is 24.6 Å². The van der Waals surface area contributed by atoms with Crippen molar-refractivity contribution in [1.29, 1.82) is 0 Å². The van der Waals surface area contributed by atoms with Crippen LogP contribution in [0.15, 0.2) is 30.3 Å². The molecule has 0 aliphatic rings. The summed E-state index contributed by atoms with van der Waals surface area (Å²) in [6.45, 7) is 12.1. The summed E-state index contributed by atoms with van der Waals surface area (Å²) in [6.07, 6.45) is 0. The molecule has 1 rings (SSSR count). The number of hydrogen-bond acceptors (Lipinski definition) is 1. The smallest absolute Gasteiger partial charge is 0.204 e. The zero-order valence-corrected chi connectivity index (χ0v) is 14.9. The van der Waals surface area contributed by atoms with Gasteiger partial charge in [0.25, 0.3) is 0 Å². The van der Waals surface area contributed by atoms with Gasteiger partial charge in [-0.3, -0.25) is 0 Å². The van der Waals surface area contributed by atoms with E-state index in [0.29, 0.717) is 5.41 Å². The Morgan fingerprint density at radius 1 is 1.19 bits per heavy atom. The molecule has 1 N–H and O–H groups in total. The molecule has 0 atom stereocenters. The molecule has 1 nitrogen and oxygen atoms in total. The molecule has 1 radical (unpaired) electrons. The van der Waals surface area contributed by atoms with Crippen molar-refractivity contribution in [2.45, 2.75) is 33.4 Å². The van der Waals surface area contributed by atoms with E-state index in [0.717, 1.165) is 11.6 Å². The second-order valence-corrected chi connectivity index (χ2v) is 6.78. The van der Waals surface area contributed by atoms with Crippen LogP contribution < -0.4 is 0 Å². The van der Waals surface area contributed by atoms with Crippen LogP contribution in [0.3, 0.4) is 0 Å². The molecule has 0 heterocycles. The monoisotopic (exact) mass is 286 g/mol. The van der Waals surface area contributed by atoms with E-state index in [1.165, 1.54) is 0 Å². The Hall–Kier alpha value is -0.110. The Balaban J connectivity index is 0. The normalized spacial score (nSPS) is 10.1. The van der Waals surface area contributed by atoms with Crippen molar-refractivity contribution in [2.24, 2.45) is 5.41 Å². The summed E-state index contributed by atoms with van der Waals surface area (Å²) >= 11 is 0. The van der Waals surface area contributed by atoms with Crippen LogP contribution in [0.2, 0.25) is 12.6 Å². The second kappa shape index (κ2) is 8.98. The van der Waals surface area contributed by atoms with Gasteiger partial charge in [0.15, 0.2) is 0 Å². The fourth-order valence-corrected chi connectivity index (χ4v) is 2.78. The van der Waals surface area contributed by atoms with Gasteiger partial charge in [0, 0.05) is 19.5 Å². The molecule has 0 aliphatic carbocycles. The molecule has 87 valence electrons. The summed E-state index contributed by atoms with van der Waals surface area (Å²) in [5.41, 5.74) is 1.39. The maximum absolute atomic E-state index is 8.99. The van der Waals surface area contributed by atoms with E-state index in [4.69, 9.17) is 4.80 Å². The number of hydrogen-bond donors (Lipinski definition) is 1. The molecule has 1 aromatic carbocycles. The molecule has 0 amide bonds. The van der Waals surface area contributed by atoms with Crippen molar-refractivity contribution < 1.29 is 24.3 Å². The molecule has 0 unspecified atom stereocenters. The van der Waals surface area contributed by atoms with Crippen LogP contribution in [0, 0.1) is 12.3 Å². The van der Waals surface area contributed by atoms with Crippen LogP contribution in [0.1, 0.15) is 26.3 Å². The zero-order chi connectivity index (χ0) is 11.9. The first-order chi connectivity index (χ1) is 6.81. The first kappa shape index (κ1) is 18.3. The largest absolute Gasteiger partial charge is 0.432 e. The zero-order valence-electron chi connectivity index (χ0n) is 11.0. The summed E-state index contributed by atoms with van der Waals surface area (Å²) in [7, 11) is -0.992. The van der Waals surface area contributed by atoms with Crippen molar-refractivity contribution in [3.05, 3.63) is 42.8 Å². The third kappa shape index (κ3) is 13.9. The summed E-state index contributed by atoms with van der Waals surface area (Å²) in [5, 5.41) is 0. The molecule has 0 saturated carbocycles.